The molecule has 1 aromatic carbocycles. The molecule has 1 aliphatic rings. The summed E-state index contributed by atoms with van der Waals surface area (Å²) in [6, 6.07) is 9.80. The van der Waals surface area contributed by atoms with Crippen molar-refractivity contribution in [1.29, 1.82) is 0 Å². The number of thioether (sulfide) groups is 1. The van der Waals surface area contributed by atoms with E-state index in [2.05, 4.69) is 35.8 Å². The molecule has 128 valence electrons. The fourth-order valence-electron chi connectivity index (χ4n) is 2.54. The Morgan fingerprint density at radius 1 is 1.32 bits per heavy atom. The van der Waals surface area contributed by atoms with Crippen LogP contribution in [0, 0.1) is 0 Å². The highest BCUT2D eigenvalue weighted by Crippen LogP contribution is 2.24. The zero-order valence-corrected chi connectivity index (χ0v) is 15.6. The highest BCUT2D eigenvalue weighted by atomic mass is 79.9. The molecule has 4 rings (SSSR count). The summed E-state index contributed by atoms with van der Waals surface area (Å²) >= 11 is 5.01. The van der Waals surface area contributed by atoms with E-state index in [0.717, 1.165) is 39.3 Å². The summed E-state index contributed by atoms with van der Waals surface area (Å²) in [4.78, 5) is 14.2. The third-order valence-electron chi connectivity index (χ3n) is 3.85. The van der Waals surface area contributed by atoms with Crippen LogP contribution in [0.15, 0.2) is 52.6 Å². The van der Waals surface area contributed by atoms with Crippen molar-refractivity contribution >= 4 is 38.9 Å². The quantitative estimate of drug-likeness (QED) is 0.660. The summed E-state index contributed by atoms with van der Waals surface area (Å²) < 4.78 is 6.70. The predicted molar refractivity (Wildman–Crippen MR) is 104 cm³/mol. The first-order valence-corrected chi connectivity index (χ1v) is 9.50. The van der Waals surface area contributed by atoms with E-state index in [4.69, 9.17) is 10.5 Å². The van der Waals surface area contributed by atoms with E-state index >= 15 is 0 Å². The number of H-pyrrole nitrogens is 1. The van der Waals surface area contributed by atoms with Crippen molar-refractivity contribution in [3.8, 4) is 17.1 Å². The number of halogens is 1. The van der Waals surface area contributed by atoms with E-state index in [1.807, 2.05) is 41.9 Å². The van der Waals surface area contributed by atoms with Crippen LogP contribution in [0.1, 0.15) is 0 Å². The van der Waals surface area contributed by atoms with Crippen LogP contribution in [0.3, 0.4) is 0 Å². The van der Waals surface area contributed by atoms with Gasteiger partial charge in [0.1, 0.15) is 29.2 Å². The highest BCUT2D eigenvalue weighted by molar-refractivity contribution is 9.10. The van der Waals surface area contributed by atoms with Crippen LogP contribution in [-0.4, -0.2) is 38.5 Å². The molecule has 1 atom stereocenters. The average Bonchev–Trinajstić information content (AvgIpc) is 3.21. The van der Waals surface area contributed by atoms with Crippen molar-refractivity contribution in [2.24, 2.45) is 5.73 Å². The standard InChI is InChI=1S/C17H16BrN5OS/c18-12-9-14-16(20-10-12)22-15(21-14)11-1-3-13(4-2-11)24-7-5-23-6-8-25-17(23)19/h1-4,6,8-10,17H,5,7,19H2,(H,20,21,22). The molecular formula is C17H16BrN5OS. The molecule has 0 radical (unpaired) electrons. The second-order valence-electron chi connectivity index (χ2n) is 5.53. The van der Waals surface area contributed by atoms with E-state index < -0.39 is 0 Å². The van der Waals surface area contributed by atoms with E-state index in [0.29, 0.717) is 6.61 Å². The molecule has 6 nitrogen and oxygen atoms in total. The SMILES string of the molecule is NC1SC=CN1CCOc1ccc(-c2nc3cc(Br)cnc3[nH]2)cc1. The van der Waals surface area contributed by atoms with E-state index in [1.165, 1.54) is 0 Å². The molecule has 25 heavy (non-hydrogen) atoms. The molecule has 3 N–H and O–H groups in total. The number of benzene rings is 1. The van der Waals surface area contributed by atoms with Gasteiger partial charge < -0.3 is 20.4 Å². The fourth-order valence-corrected chi connectivity index (χ4v) is 3.58. The summed E-state index contributed by atoms with van der Waals surface area (Å²) in [5.41, 5.74) is 8.52. The lowest BCUT2D eigenvalue weighted by molar-refractivity contribution is 0.250. The van der Waals surface area contributed by atoms with Gasteiger partial charge in [0, 0.05) is 22.4 Å². The van der Waals surface area contributed by atoms with Crippen LogP contribution >= 0.6 is 27.7 Å². The molecule has 0 saturated carbocycles. The number of nitrogens with zero attached hydrogens (tertiary/aromatic N) is 3. The molecule has 0 spiro atoms. The van der Waals surface area contributed by atoms with Crippen molar-refractivity contribution in [2.75, 3.05) is 13.2 Å². The number of rotatable bonds is 5. The van der Waals surface area contributed by atoms with Gasteiger partial charge in [-0.25, -0.2) is 9.97 Å². The Hall–Kier alpha value is -2.03. The molecule has 1 unspecified atom stereocenters. The van der Waals surface area contributed by atoms with Gasteiger partial charge in [-0.05, 0) is 51.7 Å². The number of ether oxygens (including phenoxy) is 1. The molecule has 0 amide bonds. The smallest absolute Gasteiger partial charge is 0.157 e. The van der Waals surface area contributed by atoms with Crippen LogP contribution < -0.4 is 10.5 Å². The summed E-state index contributed by atoms with van der Waals surface area (Å²) in [6.07, 6.45) is 3.75. The molecule has 0 bridgehead atoms. The Bertz CT molecular complexity index is 911. The zero-order valence-electron chi connectivity index (χ0n) is 13.2. The largest absolute Gasteiger partial charge is 0.492 e. The van der Waals surface area contributed by atoms with Gasteiger partial charge in [0.05, 0.1) is 6.54 Å². The molecule has 3 aromatic rings. The van der Waals surface area contributed by atoms with Gasteiger partial charge in [-0.1, -0.05) is 11.8 Å². The monoisotopic (exact) mass is 417 g/mol. The minimum atomic E-state index is -0.00675. The van der Waals surface area contributed by atoms with Crippen LogP contribution in [-0.2, 0) is 0 Å². The molecular weight excluding hydrogens is 402 g/mol. The third kappa shape index (κ3) is 3.65. The number of hydrogen-bond donors (Lipinski definition) is 2. The summed E-state index contributed by atoms with van der Waals surface area (Å²) in [5.74, 6) is 1.61. The minimum Gasteiger partial charge on any atom is -0.492 e. The summed E-state index contributed by atoms with van der Waals surface area (Å²) in [7, 11) is 0. The summed E-state index contributed by atoms with van der Waals surface area (Å²) in [6.45, 7) is 1.34. The fraction of sp³-hybridized carbons (Fsp3) is 0.176. The van der Waals surface area contributed by atoms with Crippen LogP contribution in [0.4, 0.5) is 0 Å². The van der Waals surface area contributed by atoms with Gasteiger partial charge in [-0.2, -0.15) is 0 Å². The lowest BCUT2D eigenvalue weighted by Gasteiger charge is -2.20. The molecule has 8 heteroatoms. The normalized spacial score (nSPS) is 16.7. The minimum absolute atomic E-state index is 0.00675. The van der Waals surface area contributed by atoms with Crippen molar-refractivity contribution in [3.05, 3.63) is 52.6 Å². The first-order chi connectivity index (χ1) is 12.2. The van der Waals surface area contributed by atoms with Gasteiger partial charge >= 0.3 is 0 Å². The first-order valence-electron chi connectivity index (χ1n) is 7.77. The molecule has 0 saturated heterocycles. The lowest BCUT2D eigenvalue weighted by atomic mass is 10.2. The Balaban J connectivity index is 1.41. The number of nitrogens with one attached hydrogen (secondary N) is 1. The zero-order chi connectivity index (χ0) is 17.2. The van der Waals surface area contributed by atoms with Gasteiger partial charge in [-0.15, -0.1) is 0 Å². The van der Waals surface area contributed by atoms with Crippen LogP contribution in [0.25, 0.3) is 22.6 Å². The Morgan fingerprint density at radius 2 is 2.16 bits per heavy atom. The second kappa shape index (κ2) is 7.07. The maximum absolute atomic E-state index is 5.94. The molecule has 1 aliphatic heterocycles. The number of nitrogens with two attached hydrogens (primary N) is 1. The third-order valence-corrected chi connectivity index (χ3v) is 5.11. The molecule has 2 aromatic heterocycles. The Morgan fingerprint density at radius 3 is 2.92 bits per heavy atom. The van der Waals surface area contributed by atoms with Crippen LogP contribution in [0.5, 0.6) is 5.75 Å². The van der Waals surface area contributed by atoms with Gasteiger partial charge in [0.25, 0.3) is 0 Å². The highest BCUT2D eigenvalue weighted by Gasteiger charge is 2.14. The lowest BCUT2D eigenvalue weighted by Crippen LogP contribution is -2.35. The summed E-state index contributed by atoms with van der Waals surface area (Å²) in [5, 5.41) is 2.00. The maximum Gasteiger partial charge on any atom is 0.157 e. The number of aromatic amines is 1. The maximum atomic E-state index is 5.94. The second-order valence-corrected chi connectivity index (χ2v) is 7.47. The number of pyridine rings is 1. The van der Waals surface area contributed by atoms with Gasteiger partial charge in [0.15, 0.2) is 5.65 Å². The van der Waals surface area contributed by atoms with Crippen molar-refractivity contribution in [3.63, 3.8) is 0 Å². The van der Waals surface area contributed by atoms with E-state index in [1.54, 1.807) is 18.0 Å². The average molecular weight is 418 g/mol. The predicted octanol–water partition coefficient (Wildman–Crippen LogP) is 3.53. The topological polar surface area (TPSA) is 80.1 Å². The van der Waals surface area contributed by atoms with Crippen molar-refractivity contribution in [1.82, 2.24) is 19.9 Å². The van der Waals surface area contributed by atoms with E-state index in [9.17, 15) is 0 Å². The number of hydrogen-bond acceptors (Lipinski definition) is 6. The number of aromatic nitrogens is 3. The van der Waals surface area contributed by atoms with Gasteiger partial charge in [0.2, 0.25) is 0 Å². The van der Waals surface area contributed by atoms with Crippen molar-refractivity contribution in [2.45, 2.75) is 5.50 Å². The Kier molecular flexibility index (Phi) is 4.65. The molecule has 0 fully saturated rings. The molecule has 0 aliphatic carbocycles. The molecule has 3 heterocycles. The Labute approximate surface area is 157 Å². The van der Waals surface area contributed by atoms with Crippen molar-refractivity contribution < 1.29 is 4.74 Å². The number of imidazole rings is 1. The van der Waals surface area contributed by atoms with E-state index in [-0.39, 0.29) is 5.50 Å². The number of fused-ring (bicyclic) bond motifs is 1. The van der Waals surface area contributed by atoms with Crippen LogP contribution in [0.2, 0.25) is 0 Å². The van der Waals surface area contributed by atoms with Gasteiger partial charge in [-0.3, -0.25) is 0 Å². The first kappa shape index (κ1) is 16.4.